The summed E-state index contributed by atoms with van der Waals surface area (Å²) in [6.07, 6.45) is 1.77. The lowest BCUT2D eigenvalue weighted by atomic mass is 10.1. The van der Waals surface area contributed by atoms with Gasteiger partial charge in [0.25, 0.3) is 5.91 Å². The maximum Gasteiger partial charge on any atom is 0.251 e. The minimum absolute atomic E-state index is 0.0545. The number of benzene rings is 3. The van der Waals surface area contributed by atoms with Crippen LogP contribution in [0, 0.1) is 6.92 Å². The molecule has 1 atom stereocenters. The van der Waals surface area contributed by atoms with Crippen LogP contribution in [0.4, 0.5) is 11.4 Å². The van der Waals surface area contributed by atoms with E-state index in [1.54, 1.807) is 36.4 Å². The second-order valence-electron chi connectivity index (χ2n) is 8.06. The van der Waals surface area contributed by atoms with Gasteiger partial charge in [0.2, 0.25) is 5.88 Å². The number of aromatic hydroxyl groups is 1. The highest BCUT2D eigenvalue weighted by atomic mass is 35.5. The van der Waals surface area contributed by atoms with Crippen LogP contribution in [0.25, 0.3) is 10.9 Å². The summed E-state index contributed by atoms with van der Waals surface area (Å²) in [7, 11) is 0. The molecule has 1 amide bonds. The number of halogens is 1. The zero-order chi connectivity index (χ0) is 23.4. The van der Waals surface area contributed by atoms with Gasteiger partial charge in [0.05, 0.1) is 11.2 Å². The summed E-state index contributed by atoms with van der Waals surface area (Å²) in [6.45, 7) is 3.87. The quantitative estimate of drug-likeness (QED) is 0.259. The Hall–Kier alpha value is -3.64. The molecule has 1 unspecified atom stereocenters. The molecule has 7 heteroatoms. The molecule has 33 heavy (non-hydrogen) atoms. The number of hydrogen-bond donors (Lipinski definition) is 3. The van der Waals surface area contributed by atoms with Gasteiger partial charge in [-0.3, -0.25) is 4.79 Å². The number of carbonyl (C=O) groups excluding carboxylic acids is 1. The zero-order valence-electron chi connectivity index (χ0n) is 18.5. The van der Waals surface area contributed by atoms with E-state index in [1.165, 1.54) is 5.56 Å². The number of aromatic nitrogens is 1. The van der Waals surface area contributed by atoms with Gasteiger partial charge in [-0.2, -0.15) is 5.11 Å². The van der Waals surface area contributed by atoms with Gasteiger partial charge in [0, 0.05) is 22.0 Å². The van der Waals surface area contributed by atoms with E-state index in [0.717, 1.165) is 29.3 Å². The van der Waals surface area contributed by atoms with Crippen molar-refractivity contribution in [1.29, 1.82) is 0 Å². The van der Waals surface area contributed by atoms with Gasteiger partial charge in [-0.1, -0.05) is 41.9 Å². The first-order chi connectivity index (χ1) is 15.9. The second kappa shape index (κ2) is 9.88. The number of aromatic amines is 1. The van der Waals surface area contributed by atoms with Crippen molar-refractivity contribution in [1.82, 2.24) is 10.3 Å². The Labute approximate surface area is 197 Å². The van der Waals surface area contributed by atoms with E-state index in [4.69, 9.17) is 11.6 Å². The van der Waals surface area contributed by atoms with Crippen molar-refractivity contribution in [2.45, 2.75) is 32.7 Å². The fourth-order valence-electron chi connectivity index (χ4n) is 3.65. The van der Waals surface area contributed by atoms with Crippen LogP contribution in [0.2, 0.25) is 5.02 Å². The van der Waals surface area contributed by atoms with Crippen LogP contribution in [0.15, 0.2) is 77.0 Å². The smallest absolute Gasteiger partial charge is 0.251 e. The van der Waals surface area contributed by atoms with Gasteiger partial charge in [0.1, 0.15) is 0 Å². The third-order valence-corrected chi connectivity index (χ3v) is 6.01. The number of amides is 1. The average molecular weight is 461 g/mol. The summed E-state index contributed by atoms with van der Waals surface area (Å²) in [5, 5.41) is 23.0. The van der Waals surface area contributed by atoms with Crippen molar-refractivity contribution < 1.29 is 9.90 Å². The maximum absolute atomic E-state index is 12.6. The monoisotopic (exact) mass is 460 g/mol. The molecule has 0 saturated heterocycles. The Morgan fingerprint density at radius 1 is 1.06 bits per heavy atom. The standard InChI is InChI=1S/C26H25ClN4O2/c1-16(8-9-18-6-4-3-5-7-18)28-25(32)19-10-12-20(13-11-19)30-31-24-21-14-15-22(27)17(2)23(21)29-26(24)33/h3-7,10-16,29,33H,8-9H2,1-2H3,(H,28,32). The number of carbonyl (C=O) groups is 1. The Morgan fingerprint density at radius 2 is 1.79 bits per heavy atom. The molecule has 0 spiro atoms. The largest absolute Gasteiger partial charge is 0.493 e. The van der Waals surface area contributed by atoms with Crippen LogP contribution >= 0.6 is 11.6 Å². The first-order valence-corrected chi connectivity index (χ1v) is 11.2. The molecule has 168 valence electrons. The molecule has 0 aliphatic heterocycles. The Balaban J connectivity index is 1.39. The van der Waals surface area contributed by atoms with E-state index < -0.39 is 0 Å². The molecule has 1 aromatic heterocycles. The average Bonchev–Trinajstić information content (AvgIpc) is 3.15. The van der Waals surface area contributed by atoms with E-state index in [1.807, 2.05) is 32.0 Å². The van der Waals surface area contributed by atoms with Crippen molar-refractivity contribution in [3.05, 3.63) is 88.4 Å². The number of nitrogens with one attached hydrogen (secondary N) is 2. The molecule has 3 aromatic carbocycles. The van der Waals surface area contributed by atoms with Crippen LogP contribution < -0.4 is 5.32 Å². The van der Waals surface area contributed by atoms with Gasteiger partial charge in [0.15, 0.2) is 5.69 Å². The lowest BCUT2D eigenvalue weighted by molar-refractivity contribution is 0.0938. The van der Waals surface area contributed by atoms with Gasteiger partial charge >= 0.3 is 0 Å². The van der Waals surface area contributed by atoms with Crippen molar-refractivity contribution in [3.63, 3.8) is 0 Å². The van der Waals surface area contributed by atoms with Gasteiger partial charge in [-0.15, -0.1) is 5.11 Å². The first-order valence-electron chi connectivity index (χ1n) is 10.8. The van der Waals surface area contributed by atoms with Crippen molar-refractivity contribution in [2.24, 2.45) is 10.2 Å². The number of rotatable bonds is 7. The summed E-state index contributed by atoms with van der Waals surface area (Å²) in [5.74, 6) is -0.194. The van der Waals surface area contributed by atoms with Crippen molar-refractivity contribution in [2.75, 3.05) is 0 Å². The van der Waals surface area contributed by atoms with E-state index in [-0.39, 0.29) is 17.8 Å². The third kappa shape index (κ3) is 5.23. The minimum atomic E-state index is -0.124. The summed E-state index contributed by atoms with van der Waals surface area (Å²) in [6, 6.07) is 20.7. The molecule has 0 fully saturated rings. The molecule has 0 bridgehead atoms. The summed E-state index contributed by atoms with van der Waals surface area (Å²) >= 11 is 6.15. The van der Waals surface area contributed by atoms with Crippen LogP contribution in [-0.4, -0.2) is 22.0 Å². The van der Waals surface area contributed by atoms with E-state index >= 15 is 0 Å². The summed E-state index contributed by atoms with van der Waals surface area (Å²) in [5.41, 5.74) is 4.29. The minimum Gasteiger partial charge on any atom is -0.493 e. The van der Waals surface area contributed by atoms with E-state index in [0.29, 0.717) is 22.0 Å². The fraction of sp³-hybridized carbons (Fsp3) is 0.192. The number of hydrogen-bond acceptors (Lipinski definition) is 4. The highest BCUT2D eigenvalue weighted by Gasteiger charge is 2.14. The number of azo groups is 1. The predicted molar refractivity (Wildman–Crippen MR) is 132 cm³/mol. The van der Waals surface area contributed by atoms with Gasteiger partial charge in [-0.05, 0) is 74.2 Å². The predicted octanol–water partition coefficient (Wildman–Crippen LogP) is 7.00. The molecule has 0 aliphatic carbocycles. The van der Waals surface area contributed by atoms with Crippen molar-refractivity contribution in [3.8, 4) is 5.88 Å². The van der Waals surface area contributed by atoms with Crippen molar-refractivity contribution >= 4 is 39.8 Å². The first kappa shape index (κ1) is 22.6. The van der Waals surface area contributed by atoms with Crippen LogP contribution in [0.1, 0.15) is 34.8 Å². The topological polar surface area (TPSA) is 89.8 Å². The molecule has 3 N–H and O–H groups in total. The van der Waals surface area contributed by atoms with E-state index in [2.05, 4.69) is 32.7 Å². The summed E-state index contributed by atoms with van der Waals surface area (Å²) < 4.78 is 0. The highest BCUT2D eigenvalue weighted by Crippen LogP contribution is 2.39. The molecule has 0 radical (unpaired) electrons. The third-order valence-electron chi connectivity index (χ3n) is 5.60. The lowest BCUT2D eigenvalue weighted by Gasteiger charge is -2.14. The fourth-order valence-corrected chi connectivity index (χ4v) is 3.80. The van der Waals surface area contributed by atoms with Crippen LogP contribution in [0.3, 0.4) is 0 Å². The number of nitrogens with zero attached hydrogens (tertiary/aromatic N) is 2. The summed E-state index contributed by atoms with van der Waals surface area (Å²) in [4.78, 5) is 15.5. The Kier molecular flexibility index (Phi) is 6.75. The number of H-pyrrole nitrogens is 1. The molecular weight excluding hydrogens is 436 g/mol. The molecule has 0 saturated carbocycles. The maximum atomic E-state index is 12.6. The van der Waals surface area contributed by atoms with E-state index in [9.17, 15) is 9.90 Å². The Morgan fingerprint density at radius 3 is 2.52 bits per heavy atom. The van der Waals surface area contributed by atoms with Crippen LogP contribution in [0.5, 0.6) is 5.88 Å². The normalized spacial score (nSPS) is 12.3. The van der Waals surface area contributed by atoms with Gasteiger partial charge < -0.3 is 15.4 Å². The molecular formula is C26H25ClN4O2. The Bertz CT molecular complexity index is 1300. The number of fused-ring (bicyclic) bond motifs is 1. The van der Waals surface area contributed by atoms with Gasteiger partial charge in [-0.25, -0.2) is 0 Å². The second-order valence-corrected chi connectivity index (χ2v) is 8.47. The molecule has 4 aromatic rings. The SMILES string of the molecule is Cc1c(Cl)ccc2c(N=Nc3ccc(C(=O)NC(C)CCc4ccccc4)cc3)c(O)[nH]c12. The zero-order valence-corrected chi connectivity index (χ0v) is 19.2. The number of aryl methyl sites for hydroxylation is 2. The van der Waals surface area contributed by atoms with Crippen LogP contribution in [-0.2, 0) is 6.42 Å². The molecule has 0 aliphatic rings. The molecule has 1 heterocycles. The molecule has 4 rings (SSSR count). The molecule has 6 nitrogen and oxygen atoms in total. The lowest BCUT2D eigenvalue weighted by Crippen LogP contribution is -2.32. The highest BCUT2D eigenvalue weighted by molar-refractivity contribution is 6.32.